The van der Waals surface area contributed by atoms with E-state index in [1.165, 1.54) is 13.8 Å². The molecule has 1 aliphatic heterocycles. The van der Waals surface area contributed by atoms with Crippen LogP contribution in [0.3, 0.4) is 0 Å². The zero-order chi connectivity index (χ0) is 11.7. The molecule has 1 heterocycles. The highest BCUT2D eigenvalue weighted by molar-refractivity contribution is 7.92. The summed E-state index contributed by atoms with van der Waals surface area (Å²) in [5, 5.41) is 0. The van der Waals surface area contributed by atoms with E-state index in [0.29, 0.717) is 13.1 Å². The Hall–Kier alpha value is -0.580. The number of amides is 1. The average Bonchev–Trinajstić information content (AvgIpc) is 2.16. The summed E-state index contributed by atoms with van der Waals surface area (Å²) in [5.74, 6) is -0.260. The Bertz CT molecular complexity index is 340. The van der Waals surface area contributed by atoms with Crippen LogP contribution in [-0.2, 0) is 14.6 Å². The first-order valence-electron chi connectivity index (χ1n) is 5.26. The number of hydrogen-bond acceptors (Lipinski definition) is 3. The zero-order valence-corrected chi connectivity index (χ0v) is 10.4. The zero-order valence-electron chi connectivity index (χ0n) is 9.62. The number of carbonyl (C=O) groups excluding carboxylic acids is 1. The van der Waals surface area contributed by atoms with Gasteiger partial charge in [0, 0.05) is 19.3 Å². The summed E-state index contributed by atoms with van der Waals surface area (Å²) >= 11 is 0. The Morgan fingerprint density at radius 3 is 2.00 bits per heavy atom. The summed E-state index contributed by atoms with van der Waals surface area (Å²) in [6.07, 6.45) is 4.20. The van der Waals surface area contributed by atoms with Crippen molar-refractivity contribution < 1.29 is 13.2 Å². The standard InChI is InChI=1S/C10H19NO3S/c1-10(2,15(3,13)14)9(12)11-7-5-4-6-8-11/h4-8H2,1-3H3. The lowest BCUT2D eigenvalue weighted by Gasteiger charge is -2.33. The third-order valence-corrected chi connectivity index (χ3v) is 5.11. The van der Waals surface area contributed by atoms with Gasteiger partial charge in [-0.1, -0.05) is 0 Å². The maximum atomic E-state index is 12.0. The van der Waals surface area contributed by atoms with Crippen molar-refractivity contribution in [3.05, 3.63) is 0 Å². The second kappa shape index (κ2) is 4.12. The smallest absolute Gasteiger partial charge is 0.243 e. The molecule has 0 radical (unpaired) electrons. The van der Waals surface area contributed by atoms with E-state index >= 15 is 0 Å². The van der Waals surface area contributed by atoms with Crippen molar-refractivity contribution >= 4 is 15.7 Å². The molecule has 0 aromatic carbocycles. The topological polar surface area (TPSA) is 54.5 Å². The van der Waals surface area contributed by atoms with E-state index in [0.717, 1.165) is 25.5 Å². The maximum absolute atomic E-state index is 12.0. The van der Waals surface area contributed by atoms with Crippen molar-refractivity contribution in [2.75, 3.05) is 19.3 Å². The molecule has 0 saturated carbocycles. The second-order valence-corrected chi connectivity index (χ2v) is 7.20. The number of carbonyl (C=O) groups is 1. The Morgan fingerprint density at radius 2 is 1.60 bits per heavy atom. The van der Waals surface area contributed by atoms with Crippen LogP contribution in [0.1, 0.15) is 33.1 Å². The molecule has 1 rings (SSSR count). The highest BCUT2D eigenvalue weighted by atomic mass is 32.2. The van der Waals surface area contributed by atoms with E-state index < -0.39 is 14.6 Å². The predicted molar refractivity (Wildman–Crippen MR) is 59.4 cm³/mol. The van der Waals surface area contributed by atoms with Crippen LogP contribution in [0.5, 0.6) is 0 Å². The van der Waals surface area contributed by atoms with Crippen molar-refractivity contribution in [2.45, 2.75) is 37.9 Å². The molecule has 0 aliphatic carbocycles. The molecule has 0 N–H and O–H groups in total. The molecule has 0 bridgehead atoms. The Labute approximate surface area is 91.6 Å². The lowest BCUT2D eigenvalue weighted by atomic mass is 10.1. The molecule has 1 amide bonds. The minimum Gasteiger partial charge on any atom is -0.341 e. The van der Waals surface area contributed by atoms with Crippen LogP contribution in [0, 0.1) is 0 Å². The van der Waals surface area contributed by atoms with Gasteiger partial charge in [-0.05, 0) is 33.1 Å². The monoisotopic (exact) mass is 233 g/mol. The summed E-state index contributed by atoms with van der Waals surface area (Å²) < 4.78 is 21.7. The molecule has 1 aliphatic rings. The maximum Gasteiger partial charge on any atom is 0.243 e. The van der Waals surface area contributed by atoms with Crippen LogP contribution in [0.2, 0.25) is 0 Å². The summed E-state index contributed by atoms with van der Waals surface area (Å²) in [4.78, 5) is 13.7. The Morgan fingerprint density at radius 1 is 1.13 bits per heavy atom. The SMILES string of the molecule is CC(C)(C(=O)N1CCCCC1)S(C)(=O)=O. The summed E-state index contributed by atoms with van der Waals surface area (Å²) in [7, 11) is -3.34. The fourth-order valence-corrected chi connectivity index (χ4v) is 2.08. The van der Waals surface area contributed by atoms with E-state index in [4.69, 9.17) is 0 Å². The average molecular weight is 233 g/mol. The second-order valence-electron chi connectivity index (χ2n) is 4.64. The van der Waals surface area contributed by atoms with Gasteiger partial charge in [-0.3, -0.25) is 4.79 Å². The normalized spacial score (nSPS) is 19.0. The van der Waals surface area contributed by atoms with E-state index in [1.807, 2.05) is 0 Å². The molecule has 0 spiro atoms. The van der Waals surface area contributed by atoms with Gasteiger partial charge >= 0.3 is 0 Å². The number of piperidine rings is 1. The molecule has 1 saturated heterocycles. The lowest BCUT2D eigenvalue weighted by Crippen LogP contribution is -2.51. The Kier molecular flexibility index (Phi) is 3.43. The van der Waals surface area contributed by atoms with Gasteiger partial charge in [-0.2, -0.15) is 0 Å². The molecule has 0 unspecified atom stereocenters. The molecule has 0 aromatic heterocycles. The summed E-state index contributed by atoms with van der Waals surface area (Å²) in [6.45, 7) is 4.36. The first-order valence-corrected chi connectivity index (χ1v) is 7.15. The third kappa shape index (κ3) is 2.51. The Balaban J connectivity index is 2.83. The van der Waals surface area contributed by atoms with Gasteiger partial charge in [0.2, 0.25) is 5.91 Å². The van der Waals surface area contributed by atoms with Crippen molar-refractivity contribution in [3.8, 4) is 0 Å². The quantitative estimate of drug-likeness (QED) is 0.709. The molecule has 15 heavy (non-hydrogen) atoms. The number of sulfone groups is 1. The van der Waals surface area contributed by atoms with Gasteiger partial charge in [-0.25, -0.2) is 8.42 Å². The molecule has 1 fully saturated rings. The number of likely N-dealkylation sites (tertiary alicyclic amines) is 1. The molecule has 4 nitrogen and oxygen atoms in total. The third-order valence-electron chi connectivity index (χ3n) is 3.09. The van der Waals surface area contributed by atoms with Crippen LogP contribution >= 0.6 is 0 Å². The van der Waals surface area contributed by atoms with Crippen molar-refractivity contribution in [3.63, 3.8) is 0 Å². The number of rotatable bonds is 2. The largest absolute Gasteiger partial charge is 0.341 e. The summed E-state index contributed by atoms with van der Waals surface area (Å²) in [5.41, 5.74) is 0. The van der Waals surface area contributed by atoms with E-state index in [1.54, 1.807) is 4.90 Å². The van der Waals surface area contributed by atoms with Gasteiger partial charge in [0.1, 0.15) is 4.75 Å². The number of hydrogen-bond donors (Lipinski definition) is 0. The van der Waals surface area contributed by atoms with Crippen LogP contribution in [0.25, 0.3) is 0 Å². The highest BCUT2D eigenvalue weighted by Crippen LogP contribution is 2.21. The molecule has 0 atom stereocenters. The predicted octanol–water partition coefficient (Wildman–Crippen LogP) is 0.822. The van der Waals surface area contributed by atoms with Gasteiger partial charge in [-0.15, -0.1) is 0 Å². The summed E-state index contributed by atoms with van der Waals surface area (Å²) in [6, 6.07) is 0. The first-order chi connectivity index (χ1) is 6.77. The molecular formula is C10H19NO3S. The fourth-order valence-electron chi connectivity index (χ4n) is 1.64. The van der Waals surface area contributed by atoms with E-state index in [9.17, 15) is 13.2 Å². The van der Waals surface area contributed by atoms with Crippen molar-refractivity contribution in [2.24, 2.45) is 0 Å². The lowest BCUT2D eigenvalue weighted by molar-refractivity contribution is -0.134. The highest BCUT2D eigenvalue weighted by Gasteiger charge is 2.41. The minimum atomic E-state index is -3.34. The molecule has 88 valence electrons. The van der Waals surface area contributed by atoms with Crippen molar-refractivity contribution in [1.29, 1.82) is 0 Å². The molecule has 0 aromatic rings. The van der Waals surface area contributed by atoms with Crippen molar-refractivity contribution in [1.82, 2.24) is 4.90 Å². The van der Waals surface area contributed by atoms with Gasteiger partial charge in [0.15, 0.2) is 9.84 Å². The van der Waals surface area contributed by atoms with Crippen LogP contribution in [0.15, 0.2) is 0 Å². The van der Waals surface area contributed by atoms with Gasteiger partial charge in [0.05, 0.1) is 0 Å². The number of nitrogens with zero attached hydrogens (tertiary/aromatic N) is 1. The molecule has 5 heteroatoms. The minimum absolute atomic E-state index is 0.260. The van der Waals surface area contributed by atoms with Crippen LogP contribution in [-0.4, -0.2) is 43.3 Å². The van der Waals surface area contributed by atoms with E-state index in [2.05, 4.69) is 0 Å². The van der Waals surface area contributed by atoms with E-state index in [-0.39, 0.29) is 5.91 Å². The first kappa shape index (κ1) is 12.5. The fraction of sp³-hybridized carbons (Fsp3) is 0.900. The molecular weight excluding hydrogens is 214 g/mol. The van der Waals surface area contributed by atoms with Gasteiger partial charge in [0.25, 0.3) is 0 Å². The van der Waals surface area contributed by atoms with Gasteiger partial charge < -0.3 is 4.90 Å². The van der Waals surface area contributed by atoms with Crippen LogP contribution < -0.4 is 0 Å². The van der Waals surface area contributed by atoms with Crippen LogP contribution in [0.4, 0.5) is 0 Å².